The number of furan rings is 1. The molecule has 2 aliphatic rings. The van der Waals surface area contributed by atoms with Crippen LogP contribution in [0.1, 0.15) is 54.0 Å². The van der Waals surface area contributed by atoms with E-state index in [4.69, 9.17) is 4.42 Å². The normalized spacial score (nSPS) is 22.6. The number of carbonyl (C=O) groups is 1. The molecule has 2 atom stereocenters. The molecule has 1 saturated carbocycles. The summed E-state index contributed by atoms with van der Waals surface area (Å²) in [7, 11) is -3.56. The average molecular weight is 401 g/mol. The van der Waals surface area contributed by atoms with Crippen molar-refractivity contribution >= 4 is 22.1 Å². The molecule has 7 nitrogen and oxygen atoms in total. The van der Waals surface area contributed by atoms with Gasteiger partial charge in [-0.25, -0.2) is 13.8 Å². The summed E-state index contributed by atoms with van der Waals surface area (Å²) in [6, 6.07) is 9.78. The van der Waals surface area contributed by atoms with Gasteiger partial charge in [0.15, 0.2) is 0 Å². The number of hydrogen-bond donors (Lipinski definition) is 1. The number of nitrogens with one attached hydrogen (secondary N) is 1. The maximum Gasteiger partial charge on any atom is 0.271 e. The van der Waals surface area contributed by atoms with Crippen LogP contribution < -0.4 is 5.43 Å². The molecule has 1 aromatic heterocycles. The maximum absolute atomic E-state index is 12.6. The van der Waals surface area contributed by atoms with Gasteiger partial charge in [-0.3, -0.25) is 4.79 Å². The zero-order valence-electron chi connectivity index (χ0n) is 15.7. The lowest BCUT2D eigenvalue weighted by Gasteiger charge is -2.15. The number of hydrogen-bond acceptors (Lipinski definition) is 5. The predicted molar refractivity (Wildman–Crippen MR) is 105 cm³/mol. The van der Waals surface area contributed by atoms with Gasteiger partial charge in [-0.15, -0.1) is 0 Å². The van der Waals surface area contributed by atoms with Gasteiger partial charge < -0.3 is 4.42 Å². The number of benzene rings is 1. The van der Waals surface area contributed by atoms with Gasteiger partial charge in [0.05, 0.1) is 11.1 Å². The third-order valence-corrected chi connectivity index (χ3v) is 7.17. The molecule has 1 saturated heterocycles. The van der Waals surface area contributed by atoms with Gasteiger partial charge in [0.2, 0.25) is 10.0 Å². The van der Waals surface area contributed by atoms with Gasteiger partial charge in [0, 0.05) is 24.6 Å². The Morgan fingerprint density at radius 1 is 1.25 bits per heavy atom. The SMILES string of the molecule is C[C@@H]1C[C@@H]1c1ccc(/C=N\NC(=O)c2cccc(S(=O)(=O)N3CCCC3)c2)o1. The van der Waals surface area contributed by atoms with Gasteiger partial charge in [0.25, 0.3) is 5.91 Å². The summed E-state index contributed by atoms with van der Waals surface area (Å²) in [6.45, 7) is 3.22. The molecular weight excluding hydrogens is 378 g/mol. The third-order valence-electron chi connectivity index (χ3n) is 5.28. The standard InChI is InChI=1S/C20H23N3O4S/c1-14-11-18(14)19-8-7-16(27-19)13-21-22-20(24)15-5-4-6-17(12-15)28(25,26)23-9-2-3-10-23/h4-8,12-14,18H,2-3,9-11H2,1H3,(H,22,24)/b21-13-/t14-,18+/m1/s1. The van der Waals surface area contributed by atoms with Crippen molar-refractivity contribution < 1.29 is 17.6 Å². The van der Waals surface area contributed by atoms with Crippen molar-refractivity contribution in [3.05, 3.63) is 53.5 Å². The van der Waals surface area contributed by atoms with E-state index in [0.717, 1.165) is 25.0 Å². The monoisotopic (exact) mass is 401 g/mol. The minimum Gasteiger partial charge on any atom is -0.460 e. The fraction of sp³-hybridized carbons (Fsp3) is 0.400. The fourth-order valence-corrected chi connectivity index (χ4v) is 5.01. The van der Waals surface area contributed by atoms with Gasteiger partial charge in [0.1, 0.15) is 11.5 Å². The summed E-state index contributed by atoms with van der Waals surface area (Å²) < 4.78 is 32.4. The second-order valence-electron chi connectivity index (χ2n) is 7.40. The van der Waals surface area contributed by atoms with E-state index in [2.05, 4.69) is 17.5 Å². The second-order valence-corrected chi connectivity index (χ2v) is 9.34. The van der Waals surface area contributed by atoms with E-state index in [0.29, 0.717) is 30.7 Å². The van der Waals surface area contributed by atoms with Crippen LogP contribution in [-0.4, -0.2) is 37.9 Å². The van der Waals surface area contributed by atoms with E-state index in [1.54, 1.807) is 12.1 Å². The average Bonchev–Trinajstić information content (AvgIpc) is 3.12. The lowest BCUT2D eigenvalue weighted by Crippen LogP contribution is -2.28. The Hall–Kier alpha value is -2.45. The quantitative estimate of drug-likeness (QED) is 0.595. The first-order chi connectivity index (χ1) is 13.4. The number of amides is 1. The van der Waals surface area contributed by atoms with Crippen LogP contribution in [0.15, 0.2) is 50.8 Å². The van der Waals surface area contributed by atoms with E-state index in [9.17, 15) is 13.2 Å². The van der Waals surface area contributed by atoms with Crippen molar-refractivity contribution in [3.8, 4) is 0 Å². The highest BCUT2D eigenvalue weighted by molar-refractivity contribution is 7.89. The zero-order chi connectivity index (χ0) is 19.7. The molecular formula is C20H23N3O4S. The molecule has 1 aliphatic heterocycles. The summed E-state index contributed by atoms with van der Waals surface area (Å²) >= 11 is 0. The third kappa shape index (κ3) is 3.88. The first kappa shape index (κ1) is 18.9. The highest BCUT2D eigenvalue weighted by atomic mass is 32.2. The Morgan fingerprint density at radius 2 is 2.00 bits per heavy atom. The summed E-state index contributed by atoms with van der Waals surface area (Å²) in [5, 5.41) is 3.92. The molecule has 2 fully saturated rings. The van der Waals surface area contributed by atoms with E-state index in [-0.39, 0.29) is 10.5 Å². The molecule has 2 aromatic rings. The number of sulfonamides is 1. The van der Waals surface area contributed by atoms with Crippen molar-refractivity contribution in [2.75, 3.05) is 13.1 Å². The lowest BCUT2D eigenvalue weighted by molar-refractivity contribution is 0.0955. The lowest BCUT2D eigenvalue weighted by atomic mass is 10.2. The van der Waals surface area contributed by atoms with Crippen molar-refractivity contribution in [3.63, 3.8) is 0 Å². The van der Waals surface area contributed by atoms with Crippen LogP contribution in [0.3, 0.4) is 0 Å². The van der Waals surface area contributed by atoms with E-state index in [1.807, 2.05) is 12.1 Å². The smallest absolute Gasteiger partial charge is 0.271 e. The van der Waals surface area contributed by atoms with Gasteiger partial charge in [-0.1, -0.05) is 13.0 Å². The maximum atomic E-state index is 12.6. The zero-order valence-corrected chi connectivity index (χ0v) is 16.5. The summed E-state index contributed by atoms with van der Waals surface area (Å²) in [6.07, 6.45) is 4.31. The van der Waals surface area contributed by atoms with Crippen LogP contribution in [-0.2, 0) is 10.0 Å². The molecule has 1 aliphatic carbocycles. The van der Waals surface area contributed by atoms with Gasteiger partial charge in [-0.05, 0) is 55.5 Å². The van der Waals surface area contributed by atoms with Crippen LogP contribution in [0.5, 0.6) is 0 Å². The topological polar surface area (TPSA) is 92.0 Å². The number of carbonyl (C=O) groups excluding carboxylic acids is 1. The van der Waals surface area contributed by atoms with Crippen molar-refractivity contribution in [2.45, 2.75) is 37.0 Å². The molecule has 2 heterocycles. The first-order valence-electron chi connectivity index (χ1n) is 9.48. The molecule has 0 radical (unpaired) electrons. The van der Waals surface area contributed by atoms with E-state index >= 15 is 0 Å². The van der Waals surface area contributed by atoms with Crippen LogP contribution in [0.4, 0.5) is 0 Å². The summed E-state index contributed by atoms with van der Waals surface area (Å²) in [4.78, 5) is 12.5. The van der Waals surface area contributed by atoms with Crippen LogP contribution in [0.25, 0.3) is 0 Å². The molecule has 1 N–H and O–H groups in total. The largest absolute Gasteiger partial charge is 0.460 e. The molecule has 0 bridgehead atoms. The molecule has 8 heteroatoms. The predicted octanol–water partition coefficient (Wildman–Crippen LogP) is 2.95. The molecule has 4 rings (SSSR count). The minimum absolute atomic E-state index is 0.125. The van der Waals surface area contributed by atoms with Crippen LogP contribution in [0.2, 0.25) is 0 Å². The molecule has 148 valence electrons. The summed E-state index contributed by atoms with van der Waals surface area (Å²) in [5.74, 6) is 2.17. The van der Waals surface area contributed by atoms with Crippen molar-refractivity contribution in [1.29, 1.82) is 0 Å². The first-order valence-corrected chi connectivity index (χ1v) is 10.9. The fourth-order valence-electron chi connectivity index (χ4n) is 3.45. The Balaban J connectivity index is 1.41. The van der Waals surface area contributed by atoms with Crippen LogP contribution in [0, 0.1) is 5.92 Å². The highest BCUT2D eigenvalue weighted by Crippen LogP contribution is 2.47. The van der Waals surface area contributed by atoms with E-state index in [1.165, 1.54) is 22.7 Å². The number of hydrazone groups is 1. The van der Waals surface area contributed by atoms with Gasteiger partial charge in [-0.2, -0.15) is 9.41 Å². The summed E-state index contributed by atoms with van der Waals surface area (Å²) in [5.41, 5.74) is 2.66. The Kier molecular flexibility index (Phi) is 5.07. The minimum atomic E-state index is -3.56. The molecule has 1 aromatic carbocycles. The highest BCUT2D eigenvalue weighted by Gasteiger charge is 2.36. The number of rotatable bonds is 6. The Bertz CT molecular complexity index is 1010. The molecule has 1 amide bonds. The van der Waals surface area contributed by atoms with Crippen LogP contribution >= 0.6 is 0 Å². The molecule has 0 spiro atoms. The second kappa shape index (κ2) is 7.52. The molecule has 28 heavy (non-hydrogen) atoms. The Morgan fingerprint density at radius 3 is 2.71 bits per heavy atom. The van der Waals surface area contributed by atoms with Gasteiger partial charge >= 0.3 is 0 Å². The van der Waals surface area contributed by atoms with Crippen molar-refractivity contribution in [1.82, 2.24) is 9.73 Å². The molecule has 0 unspecified atom stereocenters. The van der Waals surface area contributed by atoms with E-state index < -0.39 is 15.9 Å². The van der Waals surface area contributed by atoms with Crippen molar-refractivity contribution in [2.24, 2.45) is 11.0 Å². The number of nitrogens with zero attached hydrogens (tertiary/aromatic N) is 2. The Labute approximate surface area is 164 Å².